The fraction of sp³-hybridized carbons (Fsp3) is 0.882. The van der Waals surface area contributed by atoms with Gasteiger partial charge in [0.2, 0.25) is 0 Å². The molecule has 3 aliphatic rings. The average molecular weight is 280 g/mol. The highest BCUT2D eigenvalue weighted by molar-refractivity contribution is 5.16. The van der Waals surface area contributed by atoms with Gasteiger partial charge in [-0.2, -0.15) is 0 Å². The molecule has 2 fully saturated rings. The molecule has 0 heterocycles. The smallest absolute Gasteiger partial charge is 0.0686 e. The van der Waals surface area contributed by atoms with Gasteiger partial charge in [-0.15, -0.1) is 0 Å². The van der Waals surface area contributed by atoms with Crippen molar-refractivity contribution in [1.82, 2.24) is 0 Å². The maximum Gasteiger partial charge on any atom is 0.0686 e. The number of allylic oxidation sites excluding steroid dienone is 1. The van der Waals surface area contributed by atoms with Crippen LogP contribution >= 0.6 is 0 Å². The van der Waals surface area contributed by atoms with Crippen molar-refractivity contribution >= 4 is 0 Å². The first kappa shape index (κ1) is 14.6. The van der Waals surface area contributed by atoms with Crippen molar-refractivity contribution in [1.29, 1.82) is 0 Å². The van der Waals surface area contributed by atoms with E-state index in [9.17, 15) is 15.3 Å². The fourth-order valence-electron chi connectivity index (χ4n) is 4.83. The van der Waals surface area contributed by atoms with Gasteiger partial charge >= 0.3 is 0 Å². The van der Waals surface area contributed by atoms with Crippen LogP contribution in [-0.2, 0) is 0 Å². The van der Waals surface area contributed by atoms with Gasteiger partial charge in [0, 0.05) is 5.92 Å². The summed E-state index contributed by atoms with van der Waals surface area (Å²) in [5.74, 6) is 0.500. The van der Waals surface area contributed by atoms with E-state index >= 15 is 0 Å². The van der Waals surface area contributed by atoms with Crippen LogP contribution in [0.3, 0.4) is 0 Å². The highest BCUT2D eigenvalue weighted by Crippen LogP contribution is 2.60. The Balaban J connectivity index is 1.95. The fourth-order valence-corrected chi connectivity index (χ4v) is 4.83. The summed E-state index contributed by atoms with van der Waals surface area (Å²) in [5, 5.41) is 32.3. The quantitative estimate of drug-likeness (QED) is 0.596. The van der Waals surface area contributed by atoms with Crippen LogP contribution in [0.15, 0.2) is 12.2 Å². The Morgan fingerprint density at radius 2 is 1.60 bits per heavy atom. The lowest BCUT2D eigenvalue weighted by Gasteiger charge is -2.38. The monoisotopic (exact) mass is 280 g/mol. The van der Waals surface area contributed by atoms with Gasteiger partial charge < -0.3 is 15.3 Å². The molecule has 20 heavy (non-hydrogen) atoms. The number of fused-ring (bicyclic) bond motifs is 2. The number of hydrogen-bond donors (Lipinski definition) is 3. The van der Waals surface area contributed by atoms with Gasteiger partial charge in [0.25, 0.3) is 0 Å². The van der Waals surface area contributed by atoms with Crippen molar-refractivity contribution in [3.63, 3.8) is 0 Å². The summed E-state index contributed by atoms with van der Waals surface area (Å²) in [6.45, 7) is 5.72. The molecular formula is C17H28O3. The summed E-state index contributed by atoms with van der Waals surface area (Å²) in [4.78, 5) is 0. The molecule has 7 atom stereocenters. The Morgan fingerprint density at radius 3 is 2.30 bits per heavy atom. The third kappa shape index (κ3) is 2.15. The Hall–Kier alpha value is -0.380. The van der Waals surface area contributed by atoms with E-state index in [0.29, 0.717) is 0 Å². The molecule has 0 aromatic rings. The molecular weight excluding hydrogens is 252 g/mol. The normalized spacial score (nSPS) is 60.5. The molecule has 2 saturated carbocycles. The van der Waals surface area contributed by atoms with Gasteiger partial charge in [0.15, 0.2) is 0 Å². The lowest BCUT2D eigenvalue weighted by Crippen LogP contribution is -2.45. The molecule has 0 saturated heterocycles. The summed E-state index contributed by atoms with van der Waals surface area (Å²) in [7, 11) is 0. The third-order valence-electron chi connectivity index (χ3n) is 6.36. The predicted octanol–water partition coefficient (Wildman–Crippen LogP) is 2.25. The largest absolute Gasteiger partial charge is 0.390 e. The van der Waals surface area contributed by atoms with Gasteiger partial charge in [-0.05, 0) is 70.6 Å². The molecule has 3 aliphatic carbocycles. The van der Waals surface area contributed by atoms with Crippen molar-refractivity contribution < 1.29 is 15.3 Å². The highest BCUT2D eigenvalue weighted by Gasteiger charge is 2.62. The zero-order valence-electron chi connectivity index (χ0n) is 12.8. The molecule has 0 unspecified atom stereocenters. The average Bonchev–Trinajstić information content (AvgIpc) is 3.07. The standard InChI is InChI=1S/C17H28O3/c1-15(18)8-5-4-6-11-12(7-9-16(11,2)19)17(3,20)14-10-13(14)15/h4,6,11-14,18-20H,5,7-10H2,1-3H3/b6-4-/t11-,12-,13-,14-,15-,16-,17+/m1/s1. The molecule has 114 valence electrons. The SMILES string of the molecule is C[C@]1(O)[C@@H]2CC[C@@](C)(O)[C@@H]2/C=C\CC[C@@](C)(O)[C@@H]2C[C@H]21. The Kier molecular flexibility index (Phi) is 3.14. The zero-order chi connectivity index (χ0) is 14.8. The van der Waals surface area contributed by atoms with E-state index in [1.165, 1.54) is 0 Å². The topological polar surface area (TPSA) is 60.7 Å². The third-order valence-corrected chi connectivity index (χ3v) is 6.36. The van der Waals surface area contributed by atoms with Crippen molar-refractivity contribution in [2.75, 3.05) is 0 Å². The molecule has 0 aromatic carbocycles. The number of hydrogen-bond acceptors (Lipinski definition) is 3. The summed E-state index contributed by atoms with van der Waals surface area (Å²) < 4.78 is 0. The Labute approximate surface area is 121 Å². The van der Waals surface area contributed by atoms with Crippen molar-refractivity contribution in [2.45, 2.75) is 69.7 Å². The van der Waals surface area contributed by atoms with E-state index in [1.807, 2.05) is 20.8 Å². The highest BCUT2D eigenvalue weighted by atomic mass is 16.3. The lowest BCUT2D eigenvalue weighted by atomic mass is 9.73. The molecule has 3 heteroatoms. The Bertz CT molecular complexity index is 422. The van der Waals surface area contributed by atoms with Gasteiger partial charge in [0.05, 0.1) is 16.8 Å². The Morgan fingerprint density at radius 1 is 0.900 bits per heavy atom. The van der Waals surface area contributed by atoms with E-state index in [1.54, 1.807) is 0 Å². The van der Waals surface area contributed by atoms with E-state index in [0.717, 1.165) is 32.1 Å². The molecule has 0 bridgehead atoms. The number of rotatable bonds is 0. The van der Waals surface area contributed by atoms with Gasteiger partial charge in [-0.25, -0.2) is 0 Å². The van der Waals surface area contributed by atoms with Gasteiger partial charge in [-0.3, -0.25) is 0 Å². The van der Waals surface area contributed by atoms with Crippen LogP contribution in [0.25, 0.3) is 0 Å². The van der Waals surface area contributed by atoms with E-state index < -0.39 is 16.8 Å². The minimum absolute atomic E-state index is 0.0294. The van der Waals surface area contributed by atoms with Gasteiger partial charge in [0.1, 0.15) is 0 Å². The molecule has 0 amide bonds. The second-order valence-corrected chi connectivity index (χ2v) is 8.03. The van der Waals surface area contributed by atoms with Crippen molar-refractivity contribution in [2.24, 2.45) is 23.7 Å². The van der Waals surface area contributed by atoms with Gasteiger partial charge in [-0.1, -0.05) is 12.2 Å². The molecule has 0 aromatic heterocycles. The molecule has 0 aliphatic heterocycles. The second kappa shape index (κ2) is 4.31. The second-order valence-electron chi connectivity index (χ2n) is 8.03. The van der Waals surface area contributed by atoms with Crippen LogP contribution in [-0.4, -0.2) is 32.1 Å². The molecule has 3 N–H and O–H groups in total. The van der Waals surface area contributed by atoms with Crippen LogP contribution in [0, 0.1) is 23.7 Å². The van der Waals surface area contributed by atoms with E-state index in [-0.39, 0.29) is 23.7 Å². The number of aliphatic hydroxyl groups is 3. The first-order valence-corrected chi connectivity index (χ1v) is 8.00. The van der Waals surface area contributed by atoms with Crippen LogP contribution in [0.2, 0.25) is 0 Å². The van der Waals surface area contributed by atoms with E-state index in [4.69, 9.17) is 0 Å². The predicted molar refractivity (Wildman–Crippen MR) is 78.1 cm³/mol. The summed E-state index contributed by atoms with van der Waals surface area (Å²) in [5.41, 5.74) is -2.17. The maximum atomic E-state index is 11.1. The van der Waals surface area contributed by atoms with Crippen LogP contribution < -0.4 is 0 Å². The summed E-state index contributed by atoms with van der Waals surface area (Å²) >= 11 is 0. The van der Waals surface area contributed by atoms with Crippen molar-refractivity contribution in [3.05, 3.63) is 12.2 Å². The maximum absolute atomic E-state index is 11.1. The minimum Gasteiger partial charge on any atom is -0.390 e. The minimum atomic E-state index is -0.790. The first-order valence-electron chi connectivity index (χ1n) is 8.00. The summed E-state index contributed by atoms with van der Waals surface area (Å²) in [6, 6.07) is 0. The van der Waals surface area contributed by atoms with Crippen LogP contribution in [0.4, 0.5) is 0 Å². The molecule has 3 nitrogen and oxygen atoms in total. The summed E-state index contributed by atoms with van der Waals surface area (Å²) in [6.07, 6.45) is 8.27. The van der Waals surface area contributed by atoms with Crippen LogP contribution in [0.1, 0.15) is 52.9 Å². The first-order chi connectivity index (χ1) is 9.16. The van der Waals surface area contributed by atoms with Crippen LogP contribution in [0.5, 0.6) is 0 Å². The molecule has 3 rings (SSSR count). The zero-order valence-corrected chi connectivity index (χ0v) is 12.8. The lowest BCUT2D eigenvalue weighted by molar-refractivity contribution is -0.0723. The molecule has 0 spiro atoms. The molecule has 0 radical (unpaired) electrons. The van der Waals surface area contributed by atoms with E-state index in [2.05, 4.69) is 12.2 Å². The van der Waals surface area contributed by atoms with Crippen molar-refractivity contribution in [3.8, 4) is 0 Å².